The van der Waals surface area contributed by atoms with Crippen LogP contribution in [0, 0.1) is 6.92 Å². The zero-order valence-electron chi connectivity index (χ0n) is 12.2. The Morgan fingerprint density at radius 1 is 1.48 bits per heavy atom. The number of rotatable bonds is 4. The van der Waals surface area contributed by atoms with E-state index in [1.165, 1.54) is 0 Å². The summed E-state index contributed by atoms with van der Waals surface area (Å²) in [6, 6.07) is 5.08. The van der Waals surface area contributed by atoms with E-state index < -0.39 is 5.97 Å². The largest absolute Gasteiger partial charge is 0.497 e. The summed E-state index contributed by atoms with van der Waals surface area (Å²) in [5.74, 6) is 1.26. The number of carboxylic acid groups (broad SMARTS) is 1. The highest BCUT2D eigenvalue weighted by Crippen LogP contribution is 2.24. The summed E-state index contributed by atoms with van der Waals surface area (Å²) in [6.07, 6.45) is -0.00601. The molecule has 114 valence electrons. The molecule has 1 aliphatic rings. The highest BCUT2D eigenvalue weighted by atomic mass is 32.2. The lowest BCUT2D eigenvalue weighted by Crippen LogP contribution is -2.47. The topological polar surface area (TPSA) is 66.8 Å². The van der Waals surface area contributed by atoms with E-state index in [1.54, 1.807) is 35.9 Å². The van der Waals surface area contributed by atoms with Gasteiger partial charge in [-0.15, -0.1) is 0 Å². The van der Waals surface area contributed by atoms with Crippen LogP contribution in [-0.4, -0.2) is 53.1 Å². The first-order valence-electron chi connectivity index (χ1n) is 6.78. The van der Waals surface area contributed by atoms with E-state index in [0.29, 0.717) is 23.6 Å². The Bertz CT molecular complexity index is 546. The molecule has 0 radical (unpaired) electrons. The van der Waals surface area contributed by atoms with Crippen molar-refractivity contribution in [2.45, 2.75) is 19.4 Å². The molecule has 1 aliphatic heterocycles. The van der Waals surface area contributed by atoms with Crippen LogP contribution in [0.2, 0.25) is 0 Å². The lowest BCUT2D eigenvalue weighted by molar-refractivity contribution is -0.138. The van der Waals surface area contributed by atoms with Gasteiger partial charge < -0.3 is 14.7 Å². The van der Waals surface area contributed by atoms with E-state index in [-0.39, 0.29) is 18.4 Å². The average molecular weight is 309 g/mol. The zero-order chi connectivity index (χ0) is 15.4. The number of carbonyl (C=O) groups is 2. The fourth-order valence-corrected chi connectivity index (χ4v) is 3.51. The van der Waals surface area contributed by atoms with Crippen molar-refractivity contribution in [1.29, 1.82) is 0 Å². The summed E-state index contributed by atoms with van der Waals surface area (Å²) in [5, 5.41) is 8.99. The van der Waals surface area contributed by atoms with Crippen molar-refractivity contribution in [3.05, 3.63) is 29.3 Å². The number of carboxylic acids is 1. The van der Waals surface area contributed by atoms with E-state index >= 15 is 0 Å². The van der Waals surface area contributed by atoms with Gasteiger partial charge in [0.15, 0.2) is 0 Å². The Hall–Kier alpha value is -1.69. The van der Waals surface area contributed by atoms with Crippen LogP contribution in [0.4, 0.5) is 0 Å². The highest BCUT2D eigenvalue weighted by molar-refractivity contribution is 7.99. The first-order chi connectivity index (χ1) is 10.0. The minimum absolute atomic E-state index is 0.00601. The summed E-state index contributed by atoms with van der Waals surface area (Å²) < 4.78 is 5.14. The molecular formula is C15H19NO4S. The smallest absolute Gasteiger partial charge is 0.305 e. The molecule has 2 rings (SSSR count). The molecule has 0 spiro atoms. The molecule has 1 aromatic carbocycles. The van der Waals surface area contributed by atoms with E-state index in [4.69, 9.17) is 9.84 Å². The number of ether oxygens (including phenoxy) is 1. The third-order valence-electron chi connectivity index (χ3n) is 3.56. The minimum Gasteiger partial charge on any atom is -0.497 e. The lowest BCUT2D eigenvalue weighted by Gasteiger charge is -2.35. The molecule has 5 nitrogen and oxygen atoms in total. The molecule has 0 saturated carbocycles. The van der Waals surface area contributed by atoms with Gasteiger partial charge in [0, 0.05) is 23.6 Å². The van der Waals surface area contributed by atoms with E-state index in [0.717, 1.165) is 11.3 Å². The van der Waals surface area contributed by atoms with Crippen LogP contribution in [0.3, 0.4) is 0 Å². The van der Waals surface area contributed by atoms with Crippen molar-refractivity contribution < 1.29 is 19.4 Å². The van der Waals surface area contributed by atoms with Crippen molar-refractivity contribution in [2.24, 2.45) is 0 Å². The molecule has 1 aromatic rings. The van der Waals surface area contributed by atoms with Gasteiger partial charge in [0.1, 0.15) is 5.75 Å². The SMILES string of the molecule is COc1ccc(C(=O)N2CCSCC2CC(=O)O)c(C)c1. The number of aliphatic carboxylic acids is 1. The lowest BCUT2D eigenvalue weighted by atomic mass is 10.1. The predicted octanol–water partition coefficient (Wildman–Crippen LogP) is 2.04. The molecule has 1 atom stereocenters. The molecule has 21 heavy (non-hydrogen) atoms. The van der Waals surface area contributed by atoms with E-state index in [2.05, 4.69) is 0 Å². The van der Waals surface area contributed by atoms with Crippen molar-refractivity contribution in [3.8, 4) is 5.75 Å². The number of thioether (sulfide) groups is 1. The molecule has 1 heterocycles. The third-order valence-corrected chi connectivity index (χ3v) is 4.65. The number of nitrogens with zero attached hydrogens (tertiary/aromatic N) is 1. The van der Waals surface area contributed by atoms with Gasteiger partial charge in [-0.1, -0.05) is 0 Å². The van der Waals surface area contributed by atoms with E-state index in [1.807, 2.05) is 13.0 Å². The summed E-state index contributed by atoms with van der Waals surface area (Å²) in [6.45, 7) is 2.45. The standard InChI is InChI=1S/C15H19NO4S/c1-10-7-12(20-2)3-4-13(10)15(19)16-5-6-21-9-11(16)8-14(17)18/h3-4,7,11H,5-6,8-9H2,1-2H3,(H,17,18). The van der Waals surface area contributed by atoms with Gasteiger partial charge in [-0.25, -0.2) is 0 Å². The molecule has 0 aliphatic carbocycles. The molecule has 1 saturated heterocycles. The second-order valence-corrected chi connectivity index (χ2v) is 6.16. The molecule has 0 aromatic heterocycles. The van der Waals surface area contributed by atoms with Crippen molar-refractivity contribution in [1.82, 2.24) is 4.90 Å². The second kappa shape index (κ2) is 6.85. The zero-order valence-corrected chi connectivity index (χ0v) is 13.0. The van der Waals surface area contributed by atoms with E-state index in [9.17, 15) is 9.59 Å². The van der Waals surface area contributed by atoms with Crippen LogP contribution >= 0.6 is 11.8 Å². The van der Waals surface area contributed by atoms with Crippen LogP contribution in [-0.2, 0) is 4.79 Å². The number of hydrogen-bond donors (Lipinski definition) is 1. The van der Waals surface area contributed by atoms with Crippen LogP contribution in [0.15, 0.2) is 18.2 Å². The summed E-state index contributed by atoms with van der Waals surface area (Å²) in [7, 11) is 1.58. The number of carbonyl (C=O) groups excluding carboxylic acids is 1. The van der Waals surface area contributed by atoms with Crippen molar-refractivity contribution in [2.75, 3.05) is 25.2 Å². The molecule has 1 fully saturated rings. The Morgan fingerprint density at radius 2 is 2.24 bits per heavy atom. The maximum atomic E-state index is 12.7. The highest BCUT2D eigenvalue weighted by Gasteiger charge is 2.30. The maximum Gasteiger partial charge on any atom is 0.305 e. The molecule has 1 unspecified atom stereocenters. The normalized spacial score (nSPS) is 18.4. The number of aryl methyl sites for hydroxylation is 1. The summed E-state index contributed by atoms with van der Waals surface area (Å²) in [5.41, 5.74) is 1.45. The minimum atomic E-state index is -0.869. The fraction of sp³-hybridized carbons (Fsp3) is 0.467. The fourth-order valence-electron chi connectivity index (χ4n) is 2.45. The summed E-state index contributed by atoms with van der Waals surface area (Å²) in [4.78, 5) is 25.3. The number of hydrogen-bond acceptors (Lipinski definition) is 4. The van der Waals surface area contributed by atoms with Gasteiger partial charge in [-0.05, 0) is 30.7 Å². The first kappa shape index (κ1) is 15.7. The summed E-state index contributed by atoms with van der Waals surface area (Å²) >= 11 is 1.69. The predicted molar refractivity (Wildman–Crippen MR) is 82.1 cm³/mol. The molecule has 1 N–H and O–H groups in total. The quantitative estimate of drug-likeness (QED) is 0.922. The van der Waals surface area contributed by atoms with Gasteiger partial charge in [0.25, 0.3) is 5.91 Å². The number of amides is 1. The third kappa shape index (κ3) is 3.69. The Kier molecular flexibility index (Phi) is 5.12. The Morgan fingerprint density at radius 3 is 2.86 bits per heavy atom. The number of methoxy groups -OCH3 is 1. The molecule has 1 amide bonds. The van der Waals surface area contributed by atoms with Crippen LogP contribution < -0.4 is 4.74 Å². The van der Waals surface area contributed by atoms with Crippen LogP contribution in [0.25, 0.3) is 0 Å². The molecule has 0 bridgehead atoms. The van der Waals surface area contributed by atoms with Crippen LogP contribution in [0.1, 0.15) is 22.3 Å². The Labute approximate surface area is 128 Å². The average Bonchev–Trinajstić information content (AvgIpc) is 2.46. The number of benzene rings is 1. The molecule has 6 heteroatoms. The second-order valence-electron chi connectivity index (χ2n) is 5.01. The van der Waals surface area contributed by atoms with Gasteiger partial charge in [-0.2, -0.15) is 11.8 Å². The Balaban J connectivity index is 2.22. The van der Waals surface area contributed by atoms with Gasteiger partial charge in [0.2, 0.25) is 0 Å². The maximum absolute atomic E-state index is 12.7. The van der Waals surface area contributed by atoms with Crippen molar-refractivity contribution in [3.63, 3.8) is 0 Å². The van der Waals surface area contributed by atoms with Crippen molar-refractivity contribution >= 4 is 23.6 Å². The monoisotopic (exact) mass is 309 g/mol. The molecular weight excluding hydrogens is 290 g/mol. The van der Waals surface area contributed by atoms with Gasteiger partial charge >= 0.3 is 5.97 Å². The van der Waals surface area contributed by atoms with Gasteiger partial charge in [-0.3, -0.25) is 9.59 Å². The first-order valence-corrected chi connectivity index (χ1v) is 7.93. The van der Waals surface area contributed by atoms with Crippen LogP contribution in [0.5, 0.6) is 5.75 Å². The van der Waals surface area contributed by atoms with Gasteiger partial charge in [0.05, 0.1) is 19.6 Å².